The van der Waals surface area contributed by atoms with Crippen LogP contribution in [0.2, 0.25) is 0 Å². The molecule has 0 atom stereocenters. The molecule has 2 aromatic heterocycles. The molecule has 0 N–H and O–H groups in total. The maximum atomic E-state index is 4.60. The third-order valence-electron chi connectivity index (χ3n) is 2.76. The van der Waals surface area contributed by atoms with Crippen LogP contribution < -0.4 is 0 Å². The molecule has 1 aromatic carbocycles. The fourth-order valence-electron chi connectivity index (χ4n) is 1.83. The molecule has 2 nitrogen and oxygen atoms in total. The first kappa shape index (κ1) is 10.5. The van der Waals surface area contributed by atoms with E-state index in [4.69, 9.17) is 0 Å². The van der Waals surface area contributed by atoms with Gasteiger partial charge in [-0.25, -0.2) is 4.98 Å². The van der Waals surface area contributed by atoms with Crippen molar-refractivity contribution in [1.82, 2.24) is 9.38 Å². The number of benzene rings is 1. The minimum Gasteiger partial charge on any atom is -0.305 e. The van der Waals surface area contributed by atoms with Gasteiger partial charge >= 0.3 is 0 Å². The van der Waals surface area contributed by atoms with Gasteiger partial charge in [-0.05, 0) is 35.0 Å². The van der Waals surface area contributed by atoms with E-state index in [2.05, 4.69) is 52.1 Å². The summed E-state index contributed by atoms with van der Waals surface area (Å²) in [6, 6.07) is 12.4. The van der Waals surface area contributed by atoms with Crippen molar-refractivity contribution in [3.63, 3.8) is 0 Å². The fraction of sp³-hybridized carbons (Fsp3) is 0.0714. The second-order valence-electron chi connectivity index (χ2n) is 4.10. The molecule has 0 saturated heterocycles. The van der Waals surface area contributed by atoms with Gasteiger partial charge in [0.2, 0.25) is 0 Å². The average molecular weight is 287 g/mol. The van der Waals surface area contributed by atoms with Crippen LogP contribution in [0.4, 0.5) is 0 Å². The summed E-state index contributed by atoms with van der Waals surface area (Å²) in [6.07, 6.45) is 4.06. The number of nitrogens with zero attached hydrogens (tertiary/aromatic N) is 2. The Morgan fingerprint density at radius 2 is 1.76 bits per heavy atom. The van der Waals surface area contributed by atoms with Crippen LogP contribution in [0.5, 0.6) is 0 Å². The number of imidazole rings is 1. The summed E-state index contributed by atoms with van der Waals surface area (Å²) in [5, 5.41) is 0. The summed E-state index contributed by atoms with van der Waals surface area (Å²) in [5.41, 5.74) is 4.38. The van der Waals surface area contributed by atoms with E-state index < -0.39 is 0 Å². The van der Waals surface area contributed by atoms with Crippen LogP contribution in [-0.4, -0.2) is 9.38 Å². The molecular formula is C14H11BrN2. The van der Waals surface area contributed by atoms with Crippen molar-refractivity contribution >= 4 is 21.6 Å². The van der Waals surface area contributed by atoms with Crippen LogP contribution in [0.25, 0.3) is 16.9 Å². The molecule has 3 aromatic rings. The normalized spacial score (nSPS) is 10.9. The van der Waals surface area contributed by atoms with E-state index in [-0.39, 0.29) is 0 Å². The molecule has 0 saturated carbocycles. The summed E-state index contributed by atoms with van der Waals surface area (Å²) in [4.78, 5) is 4.60. The molecule has 0 unspecified atom stereocenters. The summed E-state index contributed by atoms with van der Waals surface area (Å²) in [6.45, 7) is 2.09. The Hall–Kier alpha value is -1.61. The van der Waals surface area contributed by atoms with Crippen LogP contribution in [-0.2, 0) is 0 Å². The van der Waals surface area contributed by atoms with E-state index >= 15 is 0 Å². The number of rotatable bonds is 1. The van der Waals surface area contributed by atoms with Crippen molar-refractivity contribution in [2.45, 2.75) is 6.92 Å². The lowest BCUT2D eigenvalue weighted by atomic mass is 10.1. The molecule has 0 fully saturated rings. The predicted molar refractivity (Wildman–Crippen MR) is 73.1 cm³/mol. The zero-order chi connectivity index (χ0) is 11.8. The molecule has 0 spiro atoms. The van der Waals surface area contributed by atoms with E-state index in [0.717, 1.165) is 21.4 Å². The van der Waals surface area contributed by atoms with Crippen molar-refractivity contribution in [1.29, 1.82) is 0 Å². The second-order valence-corrected chi connectivity index (χ2v) is 5.02. The lowest BCUT2D eigenvalue weighted by molar-refractivity contribution is 1.17. The first-order valence-corrected chi connectivity index (χ1v) is 6.23. The Morgan fingerprint density at radius 1 is 1.00 bits per heavy atom. The maximum absolute atomic E-state index is 4.60. The molecule has 0 bridgehead atoms. The van der Waals surface area contributed by atoms with Crippen LogP contribution >= 0.6 is 15.9 Å². The number of aromatic nitrogens is 2. The van der Waals surface area contributed by atoms with Gasteiger partial charge in [-0.15, -0.1) is 0 Å². The monoisotopic (exact) mass is 286 g/mol. The highest BCUT2D eigenvalue weighted by Gasteiger charge is 2.03. The molecule has 0 aliphatic carbocycles. The van der Waals surface area contributed by atoms with Crippen LogP contribution in [0.3, 0.4) is 0 Å². The third-order valence-corrected chi connectivity index (χ3v) is 3.23. The van der Waals surface area contributed by atoms with Gasteiger partial charge in [-0.1, -0.05) is 29.8 Å². The van der Waals surface area contributed by atoms with Gasteiger partial charge < -0.3 is 4.40 Å². The van der Waals surface area contributed by atoms with Gasteiger partial charge in [0.15, 0.2) is 0 Å². The smallest absolute Gasteiger partial charge is 0.137 e. The van der Waals surface area contributed by atoms with Crippen molar-refractivity contribution in [2.24, 2.45) is 0 Å². The summed E-state index contributed by atoms with van der Waals surface area (Å²) in [5.74, 6) is 0. The first-order valence-electron chi connectivity index (χ1n) is 5.44. The van der Waals surface area contributed by atoms with Gasteiger partial charge in [-0.2, -0.15) is 0 Å². The molecule has 0 amide bonds. The van der Waals surface area contributed by atoms with E-state index in [9.17, 15) is 0 Å². The number of hydrogen-bond donors (Lipinski definition) is 0. The van der Waals surface area contributed by atoms with Gasteiger partial charge in [0.25, 0.3) is 0 Å². The Morgan fingerprint density at radius 3 is 2.53 bits per heavy atom. The highest BCUT2D eigenvalue weighted by Crippen LogP contribution is 2.20. The second kappa shape index (κ2) is 4.00. The first-order chi connectivity index (χ1) is 8.22. The lowest BCUT2D eigenvalue weighted by Gasteiger charge is -1.96. The predicted octanol–water partition coefficient (Wildman–Crippen LogP) is 4.07. The molecule has 84 valence electrons. The van der Waals surface area contributed by atoms with E-state index in [1.54, 1.807) is 0 Å². The summed E-state index contributed by atoms with van der Waals surface area (Å²) in [7, 11) is 0. The molecule has 0 aliphatic rings. The SMILES string of the molecule is Cc1ccc(-c2cn3cc(Br)ccc3n2)cc1. The van der Waals surface area contributed by atoms with Gasteiger partial charge in [0.05, 0.1) is 5.69 Å². The maximum Gasteiger partial charge on any atom is 0.137 e. The average Bonchev–Trinajstić information content (AvgIpc) is 2.72. The minimum absolute atomic E-state index is 0.962. The van der Waals surface area contributed by atoms with Gasteiger partial charge in [0, 0.05) is 22.4 Å². The molecule has 2 heterocycles. The fourth-order valence-corrected chi connectivity index (χ4v) is 2.18. The number of halogens is 1. The standard InChI is InChI=1S/C14H11BrN2/c1-10-2-4-11(5-3-10)13-9-17-8-12(15)6-7-14(17)16-13/h2-9H,1H3. The zero-order valence-corrected chi connectivity index (χ0v) is 11.0. The third kappa shape index (κ3) is 1.98. The van der Waals surface area contributed by atoms with E-state index in [0.29, 0.717) is 0 Å². The van der Waals surface area contributed by atoms with Crippen LogP contribution in [0.1, 0.15) is 5.56 Å². The summed E-state index contributed by atoms with van der Waals surface area (Å²) < 4.78 is 3.08. The Bertz CT molecular complexity index is 668. The largest absolute Gasteiger partial charge is 0.305 e. The summed E-state index contributed by atoms with van der Waals surface area (Å²) >= 11 is 3.46. The molecule has 17 heavy (non-hydrogen) atoms. The Balaban J connectivity index is 2.14. The van der Waals surface area contributed by atoms with Crippen LogP contribution in [0.15, 0.2) is 53.3 Å². The molecular weight excluding hydrogens is 276 g/mol. The van der Waals surface area contributed by atoms with Crippen molar-refractivity contribution < 1.29 is 0 Å². The van der Waals surface area contributed by atoms with Crippen molar-refractivity contribution in [3.05, 3.63) is 58.8 Å². The Kier molecular flexibility index (Phi) is 2.48. The van der Waals surface area contributed by atoms with E-state index in [1.807, 2.05) is 28.9 Å². The highest BCUT2D eigenvalue weighted by atomic mass is 79.9. The quantitative estimate of drug-likeness (QED) is 0.659. The molecule has 0 radical (unpaired) electrons. The Labute approximate surface area is 108 Å². The highest BCUT2D eigenvalue weighted by molar-refractivity contribution is 9.10. The van der Waals surface area contributed by atoms with Crippen molar-refractivity contribution in [2.75, 3.05) is 0 Å². The topological polar surface area (TPSA) is 17.3 Å². The van der Waals surface area contributed by atoms with Gasteiger partial charge in [-0.3, -0.25) is 0 Å². The molecule has 3 heteroatoms. The minimum atomic E-state index is 0.962. The lowest BCUT2D eigenvalue weighted by Crippen LogP contribution is -1.80. The van der Waals surface area contributed by atoms with Gasteiger partial charge in [0.1, 0.15) is 5.65 Å². The molecule has 3 rings (SSSR count). The van der Waals surface area contributed by atoms with E-state index in [1.165, 1.54) is 5.56 Å². The number of aryl methyl sites for hydroxylation is 1. The number of fused-ring (bicyclic) bond motifs is 1. The molecule has 0 aliphatic heterocycles. The number of hydrogen-bond acceptors (Lipinski definition) is 1. The zero-order valence-electron chi connectivity index (χ0n) is 9.39. The van der Waals surface area contributed by atoms with Crippen molar-refractivity contribution in [3.8, 4) is 11.3 Å². The van der Waals surface area contributed by atoms with Crippen LogP contribution in [0, 0.1) is 6.92 Å². The number of pyridine rings is 1.